The molecule has 1 aliphatic carbocycles. The average Bonchev–Trinajstić information content (AvgIpc) is 3.34. The van der Waals surface area contributed by atoms with Gasteiger partial charge in [0.2, 0.25) is 0 Å². The van der Waals surface area contributed by atoms with E-state index in [4.69, 9.17) is 14.2 Å². The topological polar surface area (TPSA) is 83.8 Å². The molecule has 3 heterocycles. The number of nitrogens with zero attached hydrogens (tertiary/aromatic N) is 1. The van der Waals surface area contributed by atoms with Crippen LogP contribution in [-0.4, -0.2) is 64.9 Å². The van der Waals surface area contributed by atoms with Crippen molar-refractivity contribution in [1.29, 1.82) is 0 Å². The largest absolute Gasteiger partial charge is 0.390 e. The number of hydrogen-bond donors (Lipinski definition) is 2. The Morgan fingerprint density at radius 2 is 2.21 bits per heavy atom. The van der Waals surface area contributed by atoms with Gasteiger partial charge in [0, 0.05) is 13.0 Å². The molecular formula is C22H31NO5. The Hall–Kier alpha value is -1.31. The monoisotopic (exact) mass is 389 g/mol. The third kappa shape index (κ3) is 3.64. The summed E-state index contributed by atoms with van der Waals surface area (Å²) in [7, 11) is 0. The lowest BCUT2D eigenvalue weighted by atomic mass is 9.91. The van der Waals surface area contributed by atoms with Crippen LogP contribution in [0.15, 0.2) is 40.4 Å². The molecule has 6 heteroatoms. The summed E-state index contributed by atoms with van der Waals surface area (Å²) in [6.45, 7) is 6.63. The maximum absolute atomic E-state index is 10.5. The van der Waals surface area contributed by atoms with E-state index in [2.05, 4.69) is 23.2 Å². The fraction of sp³-hybridized carbons (Fsp3) is 0.682. The Morgan fingerprint density at radius 1 is 1.39 bits per heavy atom. The van der Waals surface area contributed by atoms with Gasteiger partial charge in [-0.1, -0.05) is 30.7 Å². The van der Waals surface area contributed by atoms with Crippen LogP contribution < -0.4 is 0 Å². The number of ether oxygens (including phenoxy) is 3. The Bertz CT molecular complexity index is 726. The molecule has 2 saturated heterocycles. The first-order valence-electron chi connectivity index (χ1n) is 10.4. The second-order valence-electron chi connectivity index (χ2n) is 8.23. The number of aliphatic hydroxyl groups is 2. The van der Waals surface area contributed by atoms with Crippen molar-refractivity contribution in [3.8, 4) is 0 Å². The van der Waals surface area contributed by atoms with Crippen molar-refractivity contribution in [3.05, 3.63) is 35.5 Å². The van der Waals surface area contributed by atoms with Gasteiger partial charge in [0.25, 0.3) is 0 Å². The van der Waals surface area contributed by atoms with E-state index in [-0.39, 0.29) is 17.8 Å². The molecule has 4 aliphatic rings. The molecular weight excluding hydrogens is 358 g/mol. The maximum Gasteiger partial charge on any atom is 0.161 e. The lowest BCUT2D eigenvalue weighted by Gasteiger charge is -2.34. The summed E-state index contributed by atoms with van der Waals surface area (Å²) < 4.78 is 17.8. The summed E-state index contributed by atoms with van der Waals surface area (Å²) in [5, 5.41) is 20.3. The highest BCUT2D eigenvalue weighted by Crippen LogP contribution is 2.52. The maximum atomic E-state index is 10.5. The molecule has 0 aromatic rings. The molecule has 2 fully saturated rings. The Labute approximate surface area is 166 Å². The zero-order valence-corrected chi connectivity index (χ0v) is 16.9. The molecule has 2 N–H and O–H groups in total. The first-order chi connectivity index (χ1) is 13.4. The van der Waals surface area contributed by atoms with E-state index in [1.54, 1.807) is 0 Å². The van der Waals surface area contributed by atoms with Gasteiger partial charge >= 0.3 is 0 Å². The molecule has 0 radical (unpaired) electrons. The van der Waals surface area contributed by atoms with Gasteiger partial charge in [-0.25, -0.2) is 0 Å². The van der Waals surface area contributed by atoms with Crippen molar-refractivity contribution < 1.29 is 24.4 Å². The number of allylic oxidation sites excluding steroid dienone is 2. The number of rotatable bonds is 6. The predicted octanol–water partition coefficient (Wildman–Crippen LogP) is 2.45. The van der Waals surface area contributed by atoms with E-state index in [9.17, 15) is 10.2 Å². The minimum absolute atomic E-state index is 0.242. The van der Waals surface area contributed by atoms with E-state index in [0.717, 1.165) is 29.8 Å². The van der Waals surface area contributed by atoms with Gasteiger partial charge < -0.3 is 24.4 Å². The van der Waals surface area contributed by atoms with Crippen LogP contribution in [0.2, 0.25) is 0 Å². The van der Waals surface area contributed by atoms with E-state index in [1.807, 2.05) is 26.8 Å². The zero-order valence-electron chi connectivity index (χ0n) is 16.9. The molecule has 0 aromatic heterocycles. The van der Waals surface area contributed by atoms with Crippen molar-refractivity contribution in [2.24, 2.45) is 4.99 Å². The van der Waals surface area contributed by atoms with Gasteiger partial charge in [-0.3, -0.25) is 4.99 Å². The van der Waals surface area contributed by atoms with Gasteiger partial charge in [-0.2, -0.15) is 0 Å². The van der Waals surface area contributed by atoms with E-state index >= 15 is 0 Å². The van der Waals surface area contributed by atoms with Crippen LogP contribution >= 0.6 is 0 Å². The molecule has 28 heavy (non-hydrogen) atoms. The van der Waals surface area contributed by atoms with Crippen LogP contribution in [0.5, 0.6) is 0 Å². The van der Waals surface area contributed by atoms with Crippen LogP contribution in [0.3, 0.4) is 0 Å². The summed E-state index contributed by atoms with van der Waals surface area (Å²) in [6.07, 6.45) is 9.04. The van der Waals surface area contributed by atoms with Gasteiger partial charge in [0.1, 0.15) is 12.2 Å². The molecule has 0 bridgehead atoms. The minimum Gasteiger partial charge on any atom is -0.390 e. The molecule has 6 nitrogen and oxygen atoms in total. The lowest BCUT2D eigenvalue weighted by Crippen LogP contribution is -2.41. The number of aliphatic hydroxyl groups excluding tert-OH is 2. The fourth-order valence-corrected chi connectivity index (χ4v) is 4.36. The minimum atomic E-state index is -0.617. The number of aliphatic imine (C=N–C) groups is 1. The van der Waals surface area contributed by atoms with Crippen LogP contribution in [0.25, 0.3) is 0 Å². The van der Waals surface area contributed by atoms with Crippen LogP contribution in [-0.2, 0) is 14.2 Å². The molecule has 4 unspecified atom stereocenters. The van der Waals surface area contributed by atoms with Gasteiger partial charge in [0.05, 0.1) is 24.0 Å². The fourth-order valence-electron chi connectivity index (χ4n) is 4.36. The smallest absolute Gasteiger partial charge is 0.161 e. The second kappa shape index (κ2) is 7.84. The molecule has 1 spiro atoms. The summed E-state index contributed by atoms with van der Waals surface area (Å²) >= 11 is 0. The molecule has 7 atom stereocenters. The van der Waals surface area contributed by atoms with Crippen molar-refractivity contribution in [1.82, 2.24) is 0 Å². The summed E-state index contributed by atoms with van der Waals surface area (Å²) in [5.74, 6) is 0. The lowest BCUT2D eigenvalue weighted by molar-refractivity contribution is -0.238. The summed E-state index contributed by atoms with van der Waals surface area (Å²) in [6, 6.07) is 0. The predicted molar refractivity (Wildman–Crippen MR) is 106 cm³/mol. The average molecular weight is 389 g/mol. The molecule has 0 aromatic carbocycles. The highest BCUT2D eigenvalue weighted by atomic mass is 16.7. The van der Waals surface area contributed by atoms with Gasteiger partial charge in [-0.05, 0) is 44.8 Å². The van der Waals surface area contributed by atoms with E-state index in [1.165, 1.54) is 0 Å². The van der Waals surface area contributed by atoms with Gasteiger partial charge in [0.15, 0.2) is 11.9 Å². The van der Waals surface area contributed by atoms with Crippen LogP contribution in [0.1, 0.15) is 46.5 Å². The van der Waals surface area contributed by atoms with E-state index < -0.39 is 24.6 Å². The third-order valence-corrected chi connectivity index (χ3v) is 6.15. The molecule has 0 saturated carbocycles. The van der Waals surface area contributed by atoms with Crippen molar-refractivity contribution >= 4 is 5.71 Å². The summed E-state index contributed by atoms with van der Waals surface area (Å²) in [4.78, 5) is 4.60. The quantitative estimate of drug-likeness (QED) is 0.682. The van der Waals surface area contributed by atoms with Crippen molar-refractivity contribution in [3.63, 3.8) is 0 Å². The SMILES string of the molecule is CC[C@H](O)[C@@H](/C=C(C)/C=C1/C=CC2=NCCC3OC213)O[C@H]1CCC(O)C(C)O1. The third-order valence-electron chi connectivity index (χ3n) is 6.15. The van der Waals surface area contributed by atoms with Crippen molar-refractivity contribution in [2.75, 3.05) is 6.54 Å². The van der Waals surface area contributed by atoms with Crippen LogP contribution in [0, 0.1) is 0 Å². The highest BCUT2D eigenvalue weighted by molar-refractivity contribution is 6.11. The number of epoxide rings is 1. The normalized spacial score (nSPS) is 40.7. The first kappa shape index (κ1) is 20.0. The molecule has 0 amide bonds. The highest BCUT2D eigenvalue weighted by Gasteiger charge is 2.64. The molecule has 3 aliphatic heterocycles. The van der Waals surface area contributed by atoms with Crippen LogP contribution in [0.4, 0.5) is 0 Å². The first-order valence-corrected chi connectivity index (χ1v) is 10.4. The number of hydrogen-bond acceptors (Lipinski definition) is 6. The summed E-state index contributed by atoms with van der Waals surface area (Å²) in [5.41, 5.74) is 2.84. The standard InChI is InChI=1S/C22H31NO5/c1-4-16(24)18(27-21-8-6-17(25)14(3)26-21)12-13(2)11-15-5-7-19-22(15)20(28-22)9-10-23-19/h5,7,11-12,14,16-18,20-21,24-25H,4,6,8-10H2,1-3H3/b13-12+,15-11-/t14?,16-,17?,18+,20?,21-,22?/m0/s1. The zero-order chi connectivity index (χ0) is 19.9. The second-order valence-corrected chi connectivity index (χ2v) is 8.23. The Balaban J connectivity index is 1.48. The Morgan fingerprint density at radius 3 is 2.96 bits per heavy atom. The Kier molecular flexibility index (Phi) is 5.60. The van der Waals surface area contributed by atoms with Crippen molar-refractivity contribution in [2.45, 2.75) is 88.9 Å². The van der Waals surface area contributed by atoms with E-state index in [0.29, 0.717) is 19.3 Å². The molecule has 4 rings (SSSR count). The molecule has 154 valence electrons. The van der Waals surface area contributed by atoms with Gasteiger partial charge in [-0.15, -0.1) is 0 Å².